The molecule has 3 rings (SSSR count). The number of ether oxygens (including phenoxy) is 1. The molecular weight excluding hydrogens is 297 g/mol. The van der Waals surface area contributed by atoms with Crippen molar-refractivity contribution in [2.45, 2.75) is 18.3 Å². The van der Waals surface area contributed by atoms with Gasteiger partial charge in [-0.2, -0.15) is 4.98 Å². The summed E-state index contributed by atoms with van der Waals surface area (Å²) in [6.07, 6.45) is 1.48. The van der Waals surface area contributed by atoms with E-state index in [1.807, 2.05) is 0 Å². The Bertz CT molecular complexity index is 599. The third-order valence-electron chi connectivity index (χ3n) is 3.84. The topological polar surface area (TPSA) is 74.2 Å². The van der Waals surface area contributed by atoms with E-state index in [0.29, 0.717) is 31.2 Å². The molecule has 1 aliphatic heterocycles. The van der Waals surface area contributed by atoms with E-state index in [0.717, 1.165) is 12.8 Å². The summed E-state index contributed by atoms with van der Waals surface area (Å²) in [5.41, 5.74) is 5.87. The molecule has 0 atom stereocenters. The van der Waals surface area contributed by atoms with Crippen molar-refractivity contribution in [3.63, 3.8) is 0 Å². The highest BCUT2D eigenvalue weighted by atomic mass is 35.5. The average Bonchev–Trinajstić information content (AvgIpc) is 2.98. The molecule has 2 heterocycles. The van der Waals surface area contributed by atoms with Crippen LogP contribution in [0.3, 0.4) is 0 Å². The van der Waals surface area contributed by atoms with E-state index in [1.165, 1.54) is 6.07 Å². The highest BCUT2D eigenvalue weighted by Gasteiger charge is 2.38. The zero-order chi connectivity index (χ0) is 14.0. The van der Waals surface area contributed by atoms with Gasteiger partial charge in [0, 0.05) is 19.8 Å². The van der Waals surface area contributed by atoms with E-state index >= 15 is 0 Å². The third-order valence-corrected chi connectivity index (χ3v) is 3.84. The quantitative estimate of drug-likeness (QED) is 0.941. The van der Waals surface area contributed by atoms with Crippen LogP contribution in [0.4, 0.5) is 4.39 Å². The second-order valence-corrected chi connectivity index (χ2v) is 5.00. The molecule has 114 valence electrons. The number of hydrogen-bond acceptors (Lipinski definition) is 5. The summed E-state index contributed by atoms with van der Waals surface area (Å²) in [6, 6.07) is 6.36. The Hall–Kier alpha value is -1.50. The molecule has 2 aromatic rings. The molecule has 1 aliphatic rings. The fourth-order valence-electron chi connectivity index (χ4n) is 2.46. The number of hydrogen-bond donors (Lipinski definition) is 1. The molecule has 0 saturated carbocycles. The standard InChI is InChI=1S/C14H16FN3O2.ClH/c15-11-4-2-1-3-10(11)12-17-13(20-18-12)14(9-16)5-7-19-8-6-14;/h1-4H,5-9,16H2;1H. The number of benzene rings is 1. The first kappa shape index (κ1) is 15.9. The summed E-state index contributed by atoms with van der Waals surface area (Å²) in [7, 11) is 0. The van der Waals surface area contributed by atoms with Crippen LogP contribution >= 0.6 is 12.4 Å². The Balaban J connectivity index is 0.00000161. The monoisotopic (exact) mass is 313 g/mol. The van der Waals surface area contributed by atoms with Crippen molar-refractivity contribution in [1.29, 1.82) is 0 Å². The van der Waals surface area contributed by atoms with E-state index in [1.54, 1.807) is 18.2 Å². The summed E-state index contributed by atoms with van der Waals surface area (Å²) in [5, 5.41) is 3.89. The summed E-state index contributed by atoms with van der Waals surface area (Å²) >= 11 is 0. The van der Waals surface area contributed by atoms with Crippen LogP contribution in [0.5, 0.6) is 0 Å². The third kappa shape index (κ3) is 2.92. The van der Waals surface area contributed by atoms with E-state index in [-0.39, 0.29) is 29.5 Å². The maximum Gasteiger partial charge on any atom is 0.234 e. The summed E-state index contributed by atoms with van der Waals surface area (Å²) in [5.74, 6) is 0.368. The van der Waals surface area contributed by atoms with Gasteiger partial charge in [-0.25, -0.2) is 4.39 Å². The van der Waals surface area contributed by atoms with Gasteiger partial charge in [-0.15, -0.1) is 12.4 Å². The van der Waals surface area contributed by atoms with Gasteiger partial charge in [0.05, 0.1) is 11.0 Å². The van der Waals surface area contributed by atoms with Crippen LogP contribution in [0, 0.1) is 5.82 Å². The van der Waals surface area contributed by atoms with Crippen LogP contribution in [0.15, 0.2) is 28.8 Å². The molecule has 1 saturated heterocycles. The number of rotatable bonds is 3. The van der Waals surface area contributed by atoms with Gasteiger partial charge in [0.25, 0.3) is 0 Å². The minimum atomic E-state index is -0.367. The van der Waals surface area contributed by atoms with E-state index in [2.05, 4.69) is 10.1 Å². The average molecular weight is 314 g/mol. The van der Waals surface area contributed by atoms with Gasteiger partial charge < -0.3 is 15.0 Å². The first-order valence-electron chi connectivity index (χ1n) is 6.62. The van der Waals surface area contributed by atoms with Gasteiger partial charge in [0.15, 0.2) is 0 Å². The maximum absolute atomic E-state index is 13.7. The minimum absolute atomic E-state index is 0. The molecule has 1 aromatic heterocycles. The number of aromatic nitrogens is 2. The van der Waals surface area contributed by atoms with Crippen molar-refractivity contribution in [3.8, 4) is 11.4 Å². The van der Waals surface area contributed by atoms with Crippen LogP contribution in [0.2, 0.25) is 0 Å². The lowest BCUT2D eigenvalue weighted by Crippen LogP contribution is -2.40. The lowest BCUT2D eigenvalue weighted by Gasteiger charge is -2.32. The molecule has 5 nitrogen and oxygen atoms in total. The first-order chi connectivity index (χ1) is 9.75. The van der Waals surface area contributed by atoms with Crippen LogP contribution in [-0.2, 0) is 10.2 Å². The van der Waals surface area contributed by atoms with Crippen molar-refractivity contribution in [2.75, 3.05) is 19.8 Å². The van der Waals surface area contributed by atoms with Gasteiger partial charge in [0.1, 0.15) is 5.82 Å². The van der Waals surface area contributed by atoms with Crippen LogP contribution in [-0.4, -0.2) is 29.9 Å². The van der Waals surface area contributed by atoms with Crippen molar-refractivity contribution in [3.05, 3.63) is 36.0 Å². The molecule has 7 heteroatoms. The number of nitrogens with zero attached hydrogens (tertiary/aromatic N) is 2. The van der Waals surface area contributed by atoms with Crippen molar-refractivity contribution in [2.24, 2.45) is 5.73 Å². The number of halogens is 2. The van der Waals surface area contributed by atoms with Gasteiger partial charge in [0.2, 0.25) is 11.7 Å². The van der Waals surface area contributed by atoms with Crippen molar-refractivity contribution < 1.29 is 13.7 Å². The van der Waals surface area contributed by atoms with Crippen LogP contribution < -0.4 is 5.73 Å². The second kappa shape index (κ2) is 6.51. The second-order valence-electron chi connectivity index (χ2n) is 5.00. The smallest absolute Gasteiger partial charge is 0.234 e. The Morgan fingerprint density at radius 1 is 1.24 bits per heavy atom. The summed E-state index contributed by atoms with van der Waals surface area (Å²) < 4.78 is 24.4. The zero-order valence-corrected chi connectivity index (χ0v) is 12.2. The van der Waals surface area contributed by atoms with Crippen molar-refractivity contribution in [1.82, 2.24) is 10.1 Å². The fourth-order valence-corrected chi connectivity index (χ4v) is 2.46. The molecular formula is C14H17ClFN3O2. The maximum atomic E-state index is 13.7. The van der Waals surface area contributed by atoms with E-state index < -0.39 is 0 Å². The largest absolute Gasteiger partial charge is 0.381 e. The minimum Gasteiger partial charge on any atom is -0.381 e. The van der Waals surface area contributed by atoms with Crippen molar-refractivity contribution >= 4 is 12.4 Å². The van der Waals surface area contributed by atoms with Gasteiger partial charge >= 0.3 is 0 Å². The first-order valence-corrected chi connectivity index (χ1v) is 6.62. The molecule has 0 spiro atoms. The SMILES string of the molecule is Cl.NCC1(c2nc(-c3ccccc3F)no2)CCOCC1. The lowest BCUT2D eigenvalue weighted by molar-refractivity contribution is 0.0409. The van der Waals surface area contributed by atoms with E-state index in [4.69, 9.17) is 15.0 Å². The fraction of sp³-hybridized carbons (Fsp3) is 0.429. The highest BCUT2D eigenvalue weighted by molar-refractivity contribution is 5.85. The predicted octanol–water partition coefficient (Wildman–Crippen LogP) is 2.30. The predicted molar refractivity (Wildman–Crippen MR) is 77.7 cm³/mol. The molecule has 0 radical (unpaired) electrons. The lowest BCUT2D eigenvalue weighted by atomic mass is 9.80. The zero-order valence-electron chi connectivity index (χ0n) is 11.4. The molecule has 1 fully saturated rings. The van der Waals surface area contributed by atoms with Gasteiger partial charge in [-0.3, -0.25) is 0 Å². The Morgan fingerprint density at radius 2 is 1.95 bits per heavy atom. The summed E-state index contributed by atoms with van der Waals surface area (Å²) in [4.78, 5) is 4.35. The molecule has 0 unspecified atom stereocenters. The van der Waals surface area contributed by atoms with Gasteiger partial charge in [-0.1, -0.05) is 17.3 Å². The Kier molecular flexibility index (Phi) is 4.92. The van der Waals surface area contributed by atoms with Gasteiger partial charge in [-0.05, 0) is 25.0 Å². The molecule has 0 aliphatic carbocycles. The highest BCUT2D eigenvalue weighted by Crippen LogP contribution is 2.34. The Morgan fingerprint density at radius 3 is 2.62 bits per heavy atom. The molecule has 21 heavy (non-hydrogen) atoms. The van der Waals surface area contributed by atoms with Crippen LogP contribution in [0.1, 0.15) is 18.7 Å². The molecule has 0 bridgehead atoms. The van der Waals surface area contributed by atoms with E-state index in [9.17, 15) is 4.39 Å². The van der Waals surface area contributed by atoms with Crippen LogP contribution in [0.25, 0.3) is 11.4 Å². The number of nitrogens with two attached hydrogens (primary N) is 1. The molecule has 0 amide bonds. The summed E-state index contributed by atoms with van der Waals surface area (Å²) in [6.45, 7) is 1.65. The molecule has 2 N–H and O–H groups in total. The molecule has 1 aromatic carbocycles. The Labute approximate surface area is 128 Å². The normalized spacial score (nSPS) is 17.2.